The molecule has 0 atom stereocenters. The minimum absolute atomic E-state index is 0.0127. The first-order chi connectivity index (χ1) is 10.3. The van der Waals surface area contributed by atoms with Crippen LogP contribution in [0, 0.1) is 0 Å². The van der Waals surface area contributed by atoms with Crippen molar-refractivity contribution in [3.05, 3.63) is 47.6 Å². The third-order valence-corrected chi connectivity index (χ3v) is 3.80. The molecule has 1 aromatic carbocycles. The number of nitrogens with zero attached hydrogens (tertiary/aromatic N) is 4. The van der Waals surface area contributed by atoms with E-state index < -0.39 is 0 Å². The highest BCUT2D eigenvalue weighted by molar-refractivity contribution is 5.99. The molecule has 0 radical (unpaired) electrons. The summed E-state index contributed by atoms with van der Waals surface area (Å²) in [5.74, 6) is 1.67. The fraction of sp³-hybridized carbons (Fsp3) is 0.267. The fourth-order valence-corrected chi connectivity index (χ4v) is 2.68. The molecule has 0 aliphatic carbocycles. The minimum atomic E-state index is 0.0127. The maximum absolute atomic E-state index is 12.6. The van der Waals surface area contributed by atoms with Gasteiger partial charge in [0, 0.05) is 12.1 Å². The van der Waals surface area contributed by atoms with E-state index in [1.807, 2.05) is 35.0 Å². The Morgan fingerprint density at radius 1 is 1.24 bits per heavy atom. The Kier molecular flexibility index (Phi) is 2.73. The van der Waals surface area contributed by atoms with Crippen LogP contribution < -0.4 is 4.74 Å². The van der Waals surface area contributed by atoms with Crippen molar-refractivity contribution in [2.24, 2.45) is 0 Å². The van der Waals surface area contributed by atoms with Crippen LogP contribution in [0.4, 0.5) is 0 Å². The van der Waals surface area contributed by atoms with E-state index in [0.717, 1.165) is 17.1 Å². The number of para-hydroxylation sites is 1. The molecule has 2 aliphatic heterocycles. The second kappa shape index (κ2) is 4.73. The maximum atomic E-state index is 12.6. The number of fused-ring (bicyclic) bond motifs is 2. The number of rotatable bonds is 1. The summed E-state index contributed by atoms with van der Waals surface area (Å²) in [6.07, 6.45) is 3.45. The Morgan fingerprint density at radius 2 is 2.14 bits per heavy atom. The molecule has 0 saturated carbocycles. The molecule has 0 N–H and O–H groups in total. The van der Waals surface area contributed by atoms with E-state index in [1.54, 1.807) is 4.90 Å². The van der Waals surface area contributed by atoms with Crippen LogP contribution >= 0.6 is 0 Å². The zero-order chi connectivity index (χ0) is 14.2. The van der Waals surface area contributed by atoms with Gasteiger partial charge in [-0.1, -0.05) is 18.2 Å². The van der Waals surface area contributed by atoms with Crippen LogP contribution in [0.15, 0.2) is 36.2 Å². The smallest absolute Gasteiger partial charge is 0.253 e. The van der Waals surface area contributed by atoms with Crippen LogP contribution in [-0.2, 0) is 17.9 Å². The first-order valence-electron chi connectivity index (χ1n) is 6.89. The Bertz CT molecular complexity index is 735. The molecule has 0 unspecified atom stereocenters. The lowest BCUT2D eigenvalue weighted by Crippen LogP contribution is -2.40. The molecule has 2 aromatic rings. The van der Waals surface area contributed by atoms with Gasteiger partial charge in [-0.05, 0) is 12.1 Å². The molecule has 3 heterocycles. The number of amides is 1. The van der Waals surface area contributed by atoms with Crippen molar-refractivity contribution >= 4 is 12.0 Å². The minimum Gasteiger partial charge on any atom is -0.488 e. The monoisotopic (exact) mass is 282 g/mol. The number of aromatic nitrogens is 3. The maximum Gasteiger partial charge on any atom is 0.253 e. The predicted molar refractivity (Wildman–Crippen MR) is 75.4 cm³/mol. The van der Waals surface area contributed by atoms with E-state index in [1.165, 1.54) is 6.33 Å². The summed E-state index contributed by atoms with van der Waals surface area (Å²) in [7, 11) is 0. The van der Waals surface area contributed by atoms with Crippen molar-refractivity contribution in [1.82, 2.24) is 19.7 Å². The summed E-state index contributed by atoms with van der Waals surface area (Å²) in [5.41, 5.74) is 1.63. The number of hydrogen-bond acceptors (Lipinski definition) is 4. The van der Waals surface area contributed by atoms with Crippen LogP contribution in [-0.4, -0.2) is 38.7 Å². The third-order valence-electron chi connectivity index (χ3n) is 3.80. The molecule has 2 aliphatic rings. The Hall–Kier alpha value is -2.63. The Labute approximate surface area is 121 Å². The van der Waals surface area contributed by atoms with Gasteiger partial charge in [0.25, 0.3) is 5.91 Å². The molecule has 0 fully saturated rings. The SMILES string of the molecule is O=C(C1=Cc2ccccc2OC1)N1CCn2ncnc2C1. The molecule has 0 saturated heterocycles. The highest BCUT2D eigenvalue weighted by Gasteiger charge is 2.26. The van der Waals surface area contributed by atoms with Crippen molar-refractivity contribution in [3.8, 4) is 5.75 Å². The molecule has 0 spiro atoms. The second-order valence-electron chi connectivity index (χ2n) is 5.12. The predicted octanol–water partition coefficient (Wildman–Crippen LogP) is 1.10. The van der Waals surface area contributed by atoms with Gasteiger partial charge >= 0.3 is 0 Å². The molecule has 1 amide bonds. The molecule has 4 rings (SSSR count). The van der Waals surface area contributed by atoms with Crippen molar-refractivity contribution < 1.29 is 9.53 Å². The molecular weight excluding hydrogens is 268 g/mol. The molecule has 6 nitrogen and oxygen atoms in total. The van der Waals surface area contributed by atoms with Gasteiger partial charge in [0.1, 0.15) is 24.5 Å². The number of carbonyl (C=O) groups is 1. The summed E-state index contributed by atoms with van der Waals surface area (Å²) in [6, 6.07) is 7.73. The van der Waals surface area contributed by atoms with Gasteiger partial charge in [-0.3, -0.25) is 4.79 Å². The van der Waals surface area contributed by atoms with Crippen molar-refractivity contribution in [2.45, 2.75) is 13.1 Å². The zero-order valence-electron chi connectivity index (χ0n) is 11.4. The lowest BCUT2D eigenvalue weighted by molar-refractivity contribution is -0.129. The van der Waals surface area contributed by atoms with Gasteiger partial charge in [-0.2, -0.15) is 5.10 Å². The average molecular weight is 282 g/mol. The van der Waals surface area contributed by atoms with Gasteiger partial charge in [0.2, 0.25) is 0 Å². The summed E-state index contributed by atoms with van der Waals surface area (Å²) >= 11 is 0. The highest BCUT2D eigenvalue weighted by Crippen LogP contribution is 2.26. The number of ether oxygens (including phenoxy) is 1. The third kappa shape index (κ3) is 2.08. The van der Waals surface area contributed by atoms with Crippen molar-refractivity contribution in [1.29, 1.82) is 0 Å². The largest absolute Gasteiger partial charge is 0.488 e. The normalized spacial score (nSPS) is 16.6. The fourth-order valence-electron chi connectivity index (χ4n) is 2.68. The summed E-state index contributed by atoms with van der Waals surface area (Å²) in [6.45, 7) is 2.15. The first kappa shape index (κ1) is 12.1. The molecular formula is C15H14N4O2. The first-order valence-corrected chi connectivity index (χ1v) is 6.89. The number of hydrogen-bond donors (Lipinski definition) is 0. The lowest BCUT2D eigenvalue weighted by atomic mass is 10.1. The average Bonchev–Trinajstić information content (AvgIpc) is 3.01. The number of benzene rings is 1. The summed E-state index contributed by atoms with van der Waals surface area (Å²) in [4.78, 5) is 18.6. The summed E-state index contributed by atoms with van der Waals surface area (Å²) < 4.78 is 7.49. The second-order valence-corrected chi connectivity index (χ2v) is 5.12. The molecule has 106 valence electrons. The molecule has 6 heteroatoms. The van der Waals surface area contributed by atoms with E-state index >= 15 is 0 Å². The van der Waals surface area contributed by atoms with E-state index in [2.05, 4.69) is 10.1 Å². The molecule has 0 bridgehead atoms. The van der Waals surface area contributed by atoms with Crippen molar-refractivity contribution in [3.63, 3.8) is 0 Å². The van der Waals surface area contributed by atoms with E-state index in [4.69, 9.17) is 4.74 Å². The van der Waals surface area contributed by atoms with E-state index in [0.29, 0.717) is 31.8 Å². The van der Waals surface area contributed by atoms with E-state index in [-0.39, 0.29) is 5.91 Å². The van der Waals surface area contributed by atoms with Crippen LogP contribution in [0.2, 0.25) is 0 Å². The topological polar surface area (TPSA) is 60.2 Å². The Morgan fingerprint density at radius 3 is 3.10 bits per heavy atom. The van der Waals surface area contributed by atoms with Gasteiger partial charge in [-0.25, -0.2) is 9.67 Å². The van der Waals surface area contributed by atoms with Gasteiger partial charge in [0.15, 0.2) is 0 Å². The zero-order valence-corrected chi connectivity index (χ0v) is 11.4. The molecule has 21 heavy (non-hydrogen) atoms. The van der Waals surface area contributed by atoms with Gasteiger partial charge < -0.3 is 9.64 Å². The Balaban J connectivity index is 1.58. The van der Waals surface area contributed by atoms with Crippen LogP contribution in [0.25, 0.3) is 6.08 Å². The highest BCUT2D eigenvalue weighted by atomic mass is 16.5. The molecule has 1 aromatic heterocycles. The van der Waals surface area contributed by atoms with E-state index in [9.17, 15) is 4.79 Å². The summed E-state index contributed by atoms with van der Waals surface area (Å²) in [5, 5.41) is 4.12. The van der Waals surface area contributed by atoms with Crippen LogP contribution in [0.5, 0.6) is 5.75 Å². The van der Waals surface area contributed by atoms with Crippen molar-refractivity contribution in [2.75, 3.05) is 13.2 Å². The number of carbonyl (C=O) groups excluding carboxylic acids is 1. The van der Waals surface area contributed by atoms with Gasteiger partial charge in [-0.15, -0.1) is 0 Å². The quantitative estimate of drug-likeness (QED) is 0.785. The standard InChI is InChI=1S/C15H14N4O2/c20-15(18-5-6-19-14(8-18)16-10-17-19)12-7-11-3-1-2-4-13(11)21-9-12/h1-4,7,10H,5-6,8-9H2. The lowest BCUT2D eigenvalue weighted by Gasteiger charge is -2.28. The van der Waals surface area contributed by atoms with Crippen LogP contribution in [0.3, 0.4) is 0 Å². The van der Waals surface area contributed by atoms with Gasteiger partial charge in [0.05, 0.1) is 18.7 Å². The van der Waals surface area contributed by atoms with Crippen LogP contribution in [0.1, 0.15) is 11.4 Å².